The van der Waals surface area contributed by atoms with E-state index in [1.54, 1.807) is 0 Å². The molecule has 1 aromatic heterocycles. The molecule has 1 heterocycles. The quantitative estimate of drug-likeness (QED) is 0.337. The number of benzene rings is 2. The van der Waals surface area contributed by atoms with Crippen molar-refractivity contribution in [3.05, 3.63) is 58.9 Å². The average molecular weight is 456 g/mol. The smallest absolute Gasteiger partial charge is 0.223 e. The normalized spacial score (nSPS) is 12.3. The van der Waals surface area contributed by atoms with Gasteiger partial charge in [0.15, 0.2) is 0 Å². The van der Waals surface area contributed by atoms with E-state index in [-0.39, 0.29) is 17.9 Å². The molecule has 0 radical (unpaired) electrons. The van der Waals surface area contributed by atoms with Crippen LogP contribution < -0.4 is 10.1 Å². The SMILES string of the molecule is CCC(CC)C(=O)NC(C)c1nc2ccccc2n1CCCCOc1ccc(Cl)c(C)c1. The summed E-state index contributed by atoms with van der Waals surface area (Å²) in [6.45, 7) is 9.57. The van der Waals surface area contributed by atoms with Crippen LogP contribution in [0, 0.1) is 12.8 Å². The third-order valence-corrected chi connectivity index (χ3v) is 6.38. The Morgan fingerprint density at radius 2 is 1.91 bits per heavy atom. The molecule has 0 saturated heterocycles. The van der Waals surface area contributed by atoms with E-state index in [0.717, 1.165) is 65.4 Å². The highest BCUT2D eigenvalue weighted by Gasteiger charge is 2.21. The topological polar surface area (TPSA) is 56.2 Å². The number of rotatable bonds is 11. The van der Waals surface area contributed by atoms with Crippen LogP contribution in [0.3, 0.4) is 0 Å². The first kappa shape index (κ1) is 24.1. The van der Waals surface area contributed by atoms with Crippen LogP contribution in [-0.4, -0.2) is 22.1 Å². The molecule has 3 aromatic rings. The van der Waals surface area contributed by atoms with Crippen LogP contribution in [-0.2, 0) is 11.3 Å². The summed E-state index contributed by atoms with van der Waals surface area (Å²) >= 11 is 6.08. The first-order chi connectivity index (χ1) is 15.4. The molecule has 1 N–H and O–H groups in total. The van der Waals surface area contributed by atoms with E-state index in [2.05, 4.69) is 29.8 Å². The summed E-state index contributed by atoms with van der Waals surface area (Å²) in [5.41, 5.74) is 3.07. The van der Waals surface area contributed by atoms with Crippen molar-refractivity contribution < 1.29 is 9.53 Å². The number of ether oxygens (including phenoxy) is 1. The highest BCUT2D eigenvalue weighted by atomic mass is 35.5. The molecular weight excluding hydrogens is 422 g/mol. The zero-order valence-electron chi connectivity index (χ0n) is 19.5. The van der Waals surface area contributed by atoms with E-state index in [9.17, 15) is 4.79 Å². The number of unbranched alkanes of at least 4 members (excludes halogenated alkanes) is 1. The van der Waals surface area contributed by atoms with Crippen molar-refractivity contribution >= 4 is 28.5 Å². The number of amides is 1. The Kier molecular flexibility index (Phi) is 8.57. The zero-order chi connectivity index (χ0) is 23.1. The van der Waals surface area contributed by atoms with Gasteiger partial charge in [-0.3, -0.25) is 4.79 Å². The first-order valence-electron chi connectivity index (χ1n) is 11.6. The average Bonchev–Trinajstić information content (AvgIpc) is 3.15. The minimum atomic E-state index is -0.149. The van der Waals surface area contributed by atoms with Gasteiger partial charge >= 0.3 is 0 Å². The lowest BCUT2D eigenvalue weighted by molar-refractivity contribution is -0.125. The third-order valence-electron chi connectivity index (χ3n) is 5.96. The summed E-state index contributed by atoms with van der Waals surface area (Å²) in [4.78, 5) is 17.5. The van der Waals surface area contributed by atoms with Gasteiger partial charge in [-0.05, 0) is 75.4 Å². The second kappa shape index (κ2) is 11.4. The lowest BCUT2D eigenvalue weighted by Gasteiger charge is -2.19. The van der Waals surface area contributed by atoms with Gasteiger partial charge < -0.3 is 14.6 Å². The van der Waals surface area contributed by atoms with Crippen LogP contribution in [0.5, 0.6) is 5.75 Å². The molecule has 2 aromatic carbocycles. The van der Waals surface area contributed by atoms with Crippen molar-refractivity contribution in [2.24, 2.45) is 5.92 Å². The van der Waals surface area contributed by atoms with Gasteiger partial charge in [0, 0.05) is 17.5 Å². The molecule has 172 valence electrons. The van der Waals surface area contributed by atoms with Gasteiger partial charge in [-0.25, -0.2) is 4.98 Å². The van der Waals surface area contributed by atoms with Crippen molar-refractivity contribution in [1.29, 1.82) is 0 Å². The number of nitrogens with one attached hydrogen (secondary N) is 1. The summed E-state index contributed by atoms with van der Waals surface area (Å²) in [5, 5.41) is 3.93. The Morgan fingerprint density at radius 3 is 2.62 bits per heavy atom. The molecule has 1 amide bonds. The van der Waals surface area contributed by atoms with E-state index in [1.807, 2.05) is 50.2 Å². The molecule has 32 heavy (non-hydrogen) atoms. The molecule has 3 rings (SSSR count). The molecule has 6 heteroatoms. The zero-order valence-corrected chi connectivity index (χ0v) is 20.3. The van der Waals surface area contributed by atoms with Gasteiger partial charge in [-0.1, -0.05) is 37.6 Å². The molecule has 0 spiro atoms. The fraction of sp³-hybridized carbons (Fsp3) is 0.462. The Balaban J connectivity index is 1.64. The number of aromatic nitrogens is 2. The van der Waals surface area contributed by atoms with Gasteiger partial charge in [0.2, 0.25) is 5.91 Å². The number of fused-ring (bicyclic) bond motifs is 1. The highest BCUT2D eigenvalue weighted by Crippen LogP contribution is 2.23. The second-order valence-electron chi connectivity index (χ2n) is 8.32. The van der Waals surface area contributed by atoms with Crippen molar-refractivity contribution in [2.75, 3.05) is 6.61 Å². The Hall–Kier alpha value is -2.53. The largest absolute Gasteiger partial charge is 0.494 e. The molecule has 0 aliphatic heterocycles. The maximum Gasteiger partial charge on any atom is 0.223 e. The van der Waals surface area contributed by atoms with Gasteiger partial charge in [0.1, 0.15) is 11.6 Å². The van der Waals surface area contributed by atoms with E-state index < -0.39 is 0 Å². The van der Waals surface area contributed by atoms with Crippen LogP contribution in [0.4, 0.5) is 0 Å². The van der Waals surface area contributed by atoms with Crippen LogP contribution in [0.1, 0.15) is 63.9 Å². The number of carbonyl (C=O) groups is 1. The Bertz CT molecular complexity index is 1040. The van der Waals surface area contributed by atoms with Gasteiger partial charge in [-0.15, -0.1) is 0 Å². The van der Waals surface area contributed by atoms with E-state index in [0.29, 0.717) is 6.61 Å². The van der Waals surface area contributed by atoms with Crippen molar-refractivity contribution in [1.82, 2.24) is 14.9 Å². The number of halogens is 1. The number of para-hydroxylation sites is 2. The predicted octanol–water partition coefficient (Wildman–Crippen LogP) is 6.47. The second-order valence-corrected chi connectivity index (χ2v) is 8.73. The van der Waals surface area contributed by atoms with E-state index >= 15 is 0 Å². The monoisotopic (exact) mass is 455 g/mol. The van der Waals surface area contributed by atoms with E-state index in [4.69, 9.17) is 21.3 Å². The predicted molar refractivity (Wildman–Crippen MR) is 131 cm³/mol. The summed E-state index contributed by atoms with van der Waals surface area (Å²) in [6, 6.07) is 13.7. The summed E-state index contributed by atoms with van der Waals surface area (Å²) < 4.78 is 8.13. The summed E-state index contributed by atoms with van der Waals surface area (Å²) in [6.07, 6.45) is 3.56. The number of carbonyl (C=O) groups excluding carboxylic acids is 1. The van der Waals surface area contributed by atoms with Crippen molar-refractivity contribution in [3.63, 3.8) is 0 Å². The molecular formula is C26H34ClN3O2. The molecule has 0 aliphatic rings. The maximum atomic E-state index is 12.6. The fourth-order valence-corrected chi connectivity index (χ4v) is 4.10. The standard InChI is InChI=1S/C26H34ClN3O2/c1-5-20(6-2)26(31)28-19(4)25-29-23-11-7-8-12-24(23)30(25)15-9-10-16-32-21-13-14-22(27)18(3)17-21/h7-8,11-14,17,19-20H,5-6,9-10,15-16H2,1-4H3,(H,28,31). The first-order valence-corrected chi connectivity index (χ1v) is 12.0. The molecule has 0 fully saturated rings. The summed E-state index contributed by atoms with van der Waals surface area (Å²) in [7, 11) is 0. The van der Waals surface area contributed by atoms with Crippen LogP contribution in [0.25, 0.3) is 11.0 Å². The van der Waals surface area contributed by atoms with E-state index in [1.165, 1.54) is 0 Å². The molecule has 1 atom stereocenters. The molecule has 0 aliphatic carbocycles. The Morgan fingerprint density at radius 1 is 1.16 bits per heavy atom. The van der Waals surface area contributed by atoms with Crippen molar-refractivity contribution in [3.8, 4) is 5.75 Å². The van der Waals surface area contributed by atoms with Crippen molar-refractivity contribution in [2.45, 2.75) is 66.0 Å². The van der Waals surface area contributed by atoms with Gasteiger partial charge in [0.05, 0.1) is 23.7 Å². The van der Waals surface area contributed by atoms with Crippen LogP contribution in [0.15, 0.2) is 42.5 Å². The lowest BCUT2D eigenvalue weighted by atomic mass is 10.0. The highest BCUT2D eigenvalue weighted by molar-refractivity contribution is 6.31. The minimum Gasteiger partial charge on any atom is -0.494 e. The van der Waals surface area contributed by atoms with Crippen LogP contribution >= 0.6 is 11.6 Å². The number of imidazole rings is 1. The number of hydrogen-bond donors (Lipinski definition) is 1. The fourth-order valence-electron chi connectivity index (χ4n) is 3.98. The number of aryl methyl sites for hydroxylation is 2. The van der Waals surface area contributed by atoms with Gasteiger partial charge in [-0.2, -0.15) is 0 Å². The van der Waals surface area contributed by atoms with Gasteiger partial charge in [0.25, 0.3) is 0 Å². The van der Waals surface area contributed by atoms with Crippen LogP contribution in [0.2, 0.25) is 5.02 Å². The summed E-state index contributed by atoms with van der Waals surface area (Å²) in [5.74, 6) is 1.90. The lowest BCUT2D eigenvalue weighted by Crippen LogP contribution is -2.33. The number of hydrogen-bond acceptors (Lipinski definition) is 3. The Labute approximate surface area is 196 Å². The molecule has 0 bridgehead atoms. The molecule has 5 nitrogen and oxygen atoms in total. The molecule has 0 saturated carbocycles. The minimum absolute atomic E-state index is 0.0453. The third kappa shape index (κ3) is 5.83. The maximum absolute atomic E-state index is 12.6. The number of nitrogens with zero attached hydrogens (tertiary/aromatic N) is 2. The molecule has 1 unspecified atom stereocenters.